The lowest BCUT2D eigenvalue weighted by molar-refractivity contribution is 0.0696. The van der Waals surface area contributed by atoms with Crippen molar-refractivity contribution in [3.63, 3.8) is 0 Å². The van der Waals surface area contributed by atoms with Crippen LogP contribution in [0.1, 0.15) is 10.4 Å². The van der Waals surface area contributed by atoms with Crippen LogP contribution >= 0.6 is 0 Å². The summed E-state index contributed by atoms with van der Waals surface area (Å²) in [5.41, 5.74) is -0.0904. The molecule has 13 heavy (non-hydrogen) atoms. The second-order valence-electron chi connectivity index (χ2n) is 2.27. The lowest BCUT2D eigenvalue weighted by Gasteiger charge is -1.95. The Bertz CT molecular complexity index is 420. The first-order valence-corrected chi connectivity index (χ1v) is 4.57. The highest BCUT2D eigenvalue weighted by Crippen LogP contribution is 2.12. The third-order valence-electron chi connectivity index (χ3n) is 1.38. The fraction of sp³-hybridized carbons (Fsp3) is 0. The maximum atomic E-state index is 12.3. The molecule has 0 amide bonds. The minimum absolute atomic E-state index is 0.0904. The molecule has 0 heterocycles. The van der Waals surface area contributed by atoms with E-state index in [9.17, 15) is 17.1 Å². The second kappa shape index (κ2) is 3.14. The van der Waals surface area contributed by atoms with Crippen LogP contribution in [0, 0.1) is 0 Å². The van der Waals surface area contributed by atoms with Crippen LogP contribution in [-0.2, 0) is 10.2 Å². The molecule has 0 aliphatic heterocycles. The van der Waals surface area contributed by atoms with Gasteiger partial charge >= 0.3 is 16.2 Å². The van der Waals surface area contributed by atoms with Gasteiger partial charge in [0.15, 0.2) is 0 Å². The van der Waals surface area contributed by atoms with E-state index < -0.39 is 21.1 Å². The highest BCUT2D eigenvalue weighted by molar-refractivity contribution is 7.86. The number of carboxylic acid groups (broad SMARTS) is 1. The van der Waals surface area contributed by atoms with Crippen LogP contribution in [-0.4, -0.2) is 19.5 Å². The van der Waals surface area contributed by atoms with Crippen molar-refractivity contribution in [2.45, 2.75) is 4.90 Å². The molecule has 0 radical (unpaired) electrons. The van der Waals surface area contributed by atoms with Crippen LogP contribution in [0.15, 0.2) is 29.2 Å². The Hall–Kier alpha value is -1.43. The van der Waals surface area contributed by atoms with Gasteiger partial charge in [-0.3, -0.25) is 0 Å². The first kappa shape index (κ1) is 9.66. The van der Waals surface area contributed by atoms with Crippen molar-refractivity contribution in [2.24, 2.45) is 0 Å². The molecule has 0 saturated heterocycles. The molecule has 0 aliphatic rings. The van der Waals surface area contributed by atoms with Crippen LogP contribution < -0.4 is 0 Å². The predicted molar refractivity (Wildman–Crippen MR) is 41.7 cm³/mol. The number of rotatable bonds is 2. The zero-order valence-electron chi connectivity index (χ0n) is 6.27. The molecule has 0 bridgehead atoms. The molecule has 0 unspecified atom stereocenters. The third-order valence-corrected chi connectivity index (χ3v) is 2.22. The molecule has 0 atom stereocenters. The fourth-order valence-corrected chi connectivity index (χ4v) is 1.22. The van der Waals surface area contributed by atoms with Gasteiger partial charge in [0.1, 0.15) is 0 Å². The zero-order chi connectivity index (χ0) is 10.1. The van der Waals surface area contributed by atoms with Gasteiger partial charge in [-0.25, -0.2) is 4.79 Å². The summed E-state index contributed by atoms with van der Waals surface area (Å²) in [7, 11) is -4.74. The van der Waals surface area contributed by atoms with Gasteiger partial charge in [-0.2, -0.15) is 8.42 Å². The van der Waals surface area contributed by atoms with Gasteiger partial charge in [-0.1, -0.05) is 0 Å². The number of hydrogen-bond acceptors (Lipinski definition) is 3. The Morgan fingerprint density at radius 1 is 1.23 bits per heavy atom. The maximum absolute atomic E-state index is 12.3. The summed E-state index contributed by atoms with van der Waals surface area (Å²) in [5, 5.41) is 8.44. The summed E-state index contributed by atoms with van der Waals surface area (Å²) in [5.74, 6) is -1.19. The lowest BCUT2D eigenvalue weighted by Crippen LogP contribution is -1.97. The molecular weight excluding hydrogens is 199 g/mol. The van der Waals surface area contributed by atoms with E-state index in [1.807, 2.05) is 0 Å². The molecule has 1 aromatic carbocycles. The largest absolute Gasteiger partial charge is 0.478 e. The highest BCUT2D eigenvalue weighted by Gasteiger charge is 2.12. The van der Waals surface area contributed by atoms with Gasteiger partial charge in [-0.15, -0.1) is 3.89 Å². The average molecular weight is 204 g/mol. The van der Waals surface area contributed by atoms with Crippen molar-refractivity contribution in [2.75, 3.05) is 0 Å². The van der Waals surface area contributed by atoms with Gasteiger partial charge in [0.2, 0.25) is 0 Å². The van der Waals surface area contributed by atoms with E-state index in [0.29, 0.717) is 0 Å². The van der Waals surface area contributed by atoms with Crippen molar-refractivity contribution in [1.82, 2.24) is 0 Å². The summed E-state index contributed by atoms with van der Waals surface area (Å²) >= 11 is 0. The zero-order valence-corrected chi connectivity index (χ0v) is 7.08. The third kappa shape index (κ3) is 2.25. The summed E-state index contributed by atoms with van der Waals surface area (Å²) in [6.07, 6.45) is 0. The molecule has 0 spiro atoms. The van der Waals surface area contributed by atoms with Crippen molar-refractivity contribution >= 4 is 16.2 Å². The first-order chi connectivity index (χ1) is 5.91. The van der Waals surface area contributed by atoms with Crippen LogP contribution in [0.25, 0.3) is 0 Å². The summed E-state index contributed by atoms with van der Waals surface area (Å²) in [4.78, 5) is 9.77. The minimum Gasteiger partial charge on any atom is -0.478 e. The maximum Gasteiger partial charge on any atom is 0.335 e. The van der Waals surface area contributed by atoms with E-state index in [2.05, 4.69) is 0 Å². The summed E-state index contributed by atoms with van der Waals surface area (Å²) in [6, 6.07) is 3.85. The molecule has 6 heteroatoms. The first-order valence-electron chi connectivity index (χ1n) is 3.19. The molecule has 1 N–H and O–H groups in total. The summed E-state index contributed by atoms with van der Waals surface area (Å²) < 4.78 is 32.9. The Kier molecular flexibility index (Phi) is 2.33. The van der Waals surface area contributed by atoms with Crippen LogP contribution in [0.2, 0.25) is 0 Å². The van der Waals surface area contributed by atoms with Crippen molar-refractivity contribution in [1.29, 1.82) is 0 Å². The Labute approximate surface area is 73.8 Å². The molecule has 4 nitrogen and oxygen atoms in total. The van der Waals surface area contributed by atoms with E-state index >= 15 is 0 Å². The Morgan fingerprint density at radius 3 is 2.00 bits per heavy atom. The van der Waals surface area contributed by atoms with Gasteiger partial charge in [0.05, 0.1) is 10.5 Å². The topological polar surface area (TPSA) is 71.4 Å². The molecule has 70 valence electrons. The Morgan fingerprint density at radius 2 is 1.69 bits per heavy atom. The fourth-order valence-electron chi connectivity index (χ4n) is 0.760. The van der Waals surface area contributed by atoms with Gasteiger partial charge in [0.25, 0.3) is 0 Å². The molecule has 0 aromatic heterocycles. The van der Waals surface area contributed by atoms with Crippen molar-refractivity contribution in [3.8, 4) is 0 Å². The van der Waals surface area contributed by atoms with Crippen LogP contribution in [0.5, 0.6) is 0 Å². The minimum atomic E-state index is -4.74. The van der Waals surface area contributed by atoms with Crippen LogP contribution in [0.4, 0.5) is 3.89 Å². The number of halogens is 1. The molecule has 1 aromatic rings. The number of carboxylic acids is 1. The molecule has 0 saturated carbocycles. The van der Waals surface area contributed by atoms with Crippen molar-refractivity contribution < 1.29 is 22.2 Å². The van der Waals surface area contributed by atoms with E-state index in [4.69, 9.17) is 5.11 Å². The average Bonchev–Trinajstić information content (AvgIpc) is 2.03. The van der Waals surface area contributed by atoms with E-state index in [1.165, 1.54) is 0 Å². The molecule has 0 fully saturated rings. The molecular formula is C7H5FO4S. The smallest absolute Gasteiger partial charge is 0.335 e. The Balaban J connectivity index is 3.16. The predicted octanol–water partition coefficient (Wildman–Crippen LogP) is 1.04. The standard InChI is InChI=1S/C7H5FO4S/c8-13(11,12)6-3-1-5(2-4-6)7(9)10/h1-4H,(H,9,10). The van der Waals surface area contributed by atoms with Gasteiger partial charge in [0, 0.05) is 0 Å². The van der Waals surface area contributed by atoms with Gasteiger partial charge < -0.3 is 5.11 Å². The molecule has 1 rings (SSSR count). The number of aromatic carboxylic acids is 1. The molecule has 0 aliphatic carbocycles. The highest BCUT2D eigenvalue weighted by atomic mass is 32.3. The van der Waals surface area contributed by atoms with E-state index in [1.54, 1.807) is 0 Å². The van der Waals surface area contributed by atoms with Crippen LogP contribution in [0.3, 0.4) is 0 Å². The quantitative estimate of drug-likeness (QED) is 0.730. The lowest BCUT2D eigenvalue weighted by atomic mass is 10.2. The normalized spacial score (nSPS) is 11.2. The number of benzene rings is 1. The summed E-state index contributed by atoms with van der Waals surface area (Å²) in [6.45, 7) is 0. The monoisotopic (exact) mass is 204 g/mol. The van der Waals surface area contributed by atoms with Crippen molar-refractivity contribution in [3.05, 3.63) is 29.8 Å². The number of carbonyl (C=O) groups is 1. The van der Waals surface area contributed by atoms with E-state index in [0.717, 1.165) is 24.3 Å². The second-order valence-corrected chi connectivity index (χ2v) is 3.61. The number of hydrogen-bond donors (Lipinski definition) is 1. The SMILES string of the molecule is O=C(O)c1ccc(S(=O)(=O)F)cc1. The van der Waals surface area contributed by atoms with Gasteiger partial charge in [-0.05, 0) is 24.3 Å². The van der Waals surface area contributed by atoms with E-state index in [-0.39, 0.29) is 5.56 Å².